The first-order chi connectivity index (χ1) is 11.5. The second kappa shape index (κ2) is 6.13. The second-order valence-corrected chi connectivity index (χ2v) is 10.7. The van der Waals surface area contributed by atoms with E-state index >= 15 is 0 Å². The predicted molar refractivity (Wildman–Crippen MR) is 99.4 cm³/mol. The molecular weight excluding hydrogens is 406 g/mol. The number of amides is 1. The largest absolute Gasteiger partial charge is 0.444 e. The third kappa shape index (κ3) is 3.36. The summed E-state index contributed by atoms with van der Waals surface area (Å²) in [6.45, 7) is 7.31. The summed E-state index contributed by atoms with van der Waals surface area (Å²) in [6, 6.07) is 6.04. The standard InChI is InChI=1S/C18H22BrNO4S/c1-11-5-7-12(8-6-11)25(22,23)16-10-14-13(19)9-15(16)20(14)17(21)24-18(2,3)4/h5-9,14-16H,10H2,1-4H3/t14-,15-,16-/m0/s1. The third-order valence-electron chi connectivity index (χ3n) is 4.49. The van der Waals surface area contributed by atoms with Crippen LogP contribution >= 0.6 is 15.9 Å². The smallest absolute Gasteiger partial charge is 0.411 e. The van der Waals surface area contributed by atoms with Crippen molar-refractivity contribution in [3.63, 3.8) is 0 Å². The number of carbonyl (C=O) groups excluding carboxylic acids is 1. The van der Waals surface area contributed by atoms with Gasteiger partial charge in [-0.1, -0.05) is 33.6 Å². The highest BCUT2D eigenvalue weighted by Gasteiger charge is 2.54. The van der Waals surface area contributed by atoms with Crippen LogP contribution in [0, 0.1) is 6.92 Å². The number of ether oxygens (including phenoxy) is 1. The zero-order valence-corrected chi connectivity index (χ0v) is 17.1. The summed E-state index contributed by atoms with van der Waals surface area (Å²) >= 11 is 3.46. The van der Waals surface area contributed by atoms with Gasteiger partial charge in [0.1, 0.15) is 5.60 Å². The number of benzene rings is 1. The van der Waals surface area contributed by atoms with Crippen molar-refractivity contribution in [3.8, 4) is 0 Å². The van der Waals surface area contributed by atoms with Crippen molar-refractivity contribution in [2.24, 2.45) is 0 Å². The van der Waals surface area contributed by atoms with Gasteiger partial charge < -0.3 is 4.74 Å². The van der Waals surface area contributed by atoms with E-state index in [0.29, 0.717) is 11.3 Å². The molecule has 0 spiro atoms. The van der Waals surface area contributed by atoms with Crippen LogP contribution in [0.4, 0.5) is 4.79 Å². The van der Waals surface area contributed by atoms with Crippen molar-refractivity contribution in [2.45, 2.75) is 61.9 Å². The first kappa shape index (κ1) is 18.5. The van der Waals surface area contributed by atoms with Crippen molar-refractivity contribution < 1.29 is 17.9 Å². The average molecular weight is 428 g/mol. The Labute approximate surface area is 157 Å². The minimum atomic E-state index is -3.53. The number of carbonyl (C=O) groups is 1. The Balaban J connectivity index is 1.90. The van der Waals surface area contributed by atoms with Gasteiger partial charge in [-0.3, -0.25) is 4.90 Å². The lowest BCUT2D eigenvalue weighted by atomic mass is 10.1. The van der Waals surface area contributed by atoms with E-state index in [1.165, 1.54) is 0 Å². The van der Waals surface area contributed by atoms with Gasteiger partial charge in [0.2, 0.25) is 0 Å². The molecule has 0 saturated carbocycles. The highest BCUT2D eigenvalue weighted by atomic mass is 79.9. The summed E-state index contributed by atoms with van der Waals surface area (Å²) < 4.78 is 32.5. The highest BCUT2D eigenvalue weighted by Crippen LogP contribution is 2.44. The van der Waals surface area contributed by atoms with Gasteiger partial charge in [-0.25, -0.2) is 13.2 Å². The molecule has 0 N–H and O–H groups in total. The number of aryl methyl sites for hydroxylation is 1. The lowest BCUT2D eigenvalue weighted by Gasteiger charge is -2.28. The van der Waals surface area contributed by atoms with Gasteiger partial charge in [0.05, 0.1) is 22.2 Å². The number of sulfone groups is 1. The van der Waals surface area contributed by atoms with Crippen LogP contribution in [0.15, 0.2) is 39.7 Å². The quantitative estimate of drug-likeness (QED) is 0.719. The Bertz CT molecular complexity index is 824. The Morgan fingerprint density at radius 3 is 2.40 bits per heavy atom. The maximum atomic E-state index is 13.1. The molecule has 3 rings (SSSR count). The summed E-state index contributed by atoms with van der Waals surface area (Å²) in [5.74, 6) is 0. The van der Waals surface area contributed by atoms with Crippen LogP contribution in [0.2, 0.25) is 0 Å². The van der Waals surface area contributed by atoms with Crippen molar-refractivity contribution in [3.05, 3.63) is 40.4 Å². The fourth-order valence-corrected chi connectivity index (χ4v) is 5.90. The fourth-order valence-electron chi connectivity index (χ4n) is 3.34. The Morgan fingerprint density at radius 2 is 1.84 bits per heavy atom. The van der Waals surface area contributed by atoms with Gasteiger partial charge in [-0.2, -0.15) is 0 Å². The van der Waals surface area contributed by atoms with E-state index < -0.39 is 32.8 Å². The Kier molecular flexibility index (Phi) is 4.52. The molecule has 1 amide bonds. The number of rotatable bonds is 2. The fraction of sp³-hybridized carbons (Fsp3) is 0.500. The highest BCUT2D eigenvalue weighted by molar-refractivity contribution is 9.11. The molecule has 2 bridgehead atoms. The number of halogens is 1. The van der Waals surface area contributed by atoms with E-state index in [1.54, 1.807) is 49.9 Å². The monoisotopic (exact) mass is 427 g/mol. The van der Waals surface area contributed by atoms with Crippen LogP contribution < -0.4 is 0 Å². The summed E-state index contributed by atoms with van der Waals surface area (Å²) in [4.78, 5) is 14.4. The van der Waals surface area contributed by atoms with Gasteiger partial charge in [0.15, 0.2) is 9.84 Å². The molecule has 3 atom stereocenters. The lowest BCUT2D eigenvalue weighted by Crippen LogP contribution is -2.43. The molecule has 2 heterocycles. The Morgan fingerprint density at radius 1 is 1.24 bits per heavy atom. The summed E-state index contributed by atoms with van der Waals surface area (Å²) in [7, 11) is -3.53. The molecule has 5 nitrogen and oxygen atoms in total. The third-order valence-corrected chi connectivity index (χ3v) is 7.48. The molecule has 7 heteroatoms. The van der Waals surface area contributed by atoms with Gasteiger partial charge in [-0.15, -0.1) is 0 Å². The molecule has 136 valence electrons. The van der Waals surface area contributed by atoms with E-state index in [-0.39, 0.29) is 6.04 Å². The molecule has 0 unspecified atom stereocenters. The first-order valence-electron chi connectivity index (χ1n) is 8.20. The van der Waals surface area contributed by atoms with Crippen molar-refractivity contribution >= 4 is 31.9 Å². The van der Waals surface area contributed by atoms with Gasteiger partial charge in [0.25, 0.3) is 0 Å². The minimum absolute atomic E-state index is 0.287. The van der Waals surface area contributed by atoms with Gasteiger partial charge in [-0.05, 0) is 52.3 Å². The average Bonchev–Trinajstić information content (AvgIpc) is 3.00. The van der Waals surface area contributed by atoms with Crippen LogP contribution in [0.25, 0.3) is 0 Å². The molecule has 2 aliphatic heterocycles. The van der Waals surface area contributed by atoms with E-state index in [4.69, 9.17) is 4.74 Å². The molecule has 0 radical (unpaired) electrons. The minimum Gasteiger partial charge on any atom is -0.444 e. The molecule has 0 aliphatic carbocycles. The van der Waals surface area contributed by atoms with Crippen LogP contribution in [0.3, 0.4) is 0 Å². The van der Waals surface area contributed by atoms with Gasteiger partial charge >= 0.3 is 6.09 Å². The SMILES string of the molecule is Cc1ccc(S(=O)(=O)[C@H]2C[C@H]3C(Br)=C[C@@H]2N3C(=O)OC(C)(C)C)cc1. The maximum absolute atomic E-state index is 13.1. The van der Waals surface area contributed by atoms with Crippen molar-refractivity contribution in [2.75, 3.05) is 0 Å². The van der Waals surface area contributed by atoms with E-state index in [9.17, 15) is 13.2 Å². The molecule has 1 aromatic carbocycles. The zero-order chi connectivity index (χ0) is 18.6. The van der Waals surface area contributed by atoms with E-state index in [0.717, 1.165) is 10.0 Å². The van der Waals surface area contributed by atoms with Crippen molar-refractivity contribution in [1.29, 1.82) is 0 Å². The second-order valence-electron chi connectivity index (χ2n) is 7.58. The molecule has 25 heavy (non-hydrogen) atoms. The first-order valence-corrected chi connectivity index (χ1v) is 10.5. The number of fused-ring (bicyclic) bond motifs is 2. The van der Waals surface area contributed by atoms with Crippen LogP contribution in [-0.4, -0.2) is 42.3 Å². The summed E-state index contributed by atoms with van der Waals surface area (Å²) in [6.07, 6.45) is 1.71. The predicted octanol–water partition coefficient (Wildman–Crippen LogP) is 3.81. The molecule has 1 fully saturated rings. The normalized spacial score (nSPS) is 25.9. The van der Waals surface area contributed by atoms with E-state index in [2.05, 4.69) is 15.9 Å². The number of hydrogen-bond donors (Lipinski definition) is 0. The van der Waals surface area contributed by atoms with Crippen LogP contribution in [0.1, 0.15) is 32.8 Å². The molecule has 2 aliphatic rings. The zero-order valence-electron chi connectivity index (χ0n) is 14.7. The molecule has 1 aromatic rings. The van der Waals surface area contributed by atoms with Gasteiger partial charge in [0, 0.05) is 4.48 Å². The number of nitrogens with zero attached hydrogens (tertiary/aromatic N) is 1. The Hall–Kier alpha value is -1.34. The van der Waals surface area contributed by atoms with E-state index in [1.807, 2.05) is 13.0 Å². The summed E-state index contributed by atoms with van der Waals surface area (Å²) in [5, 5.41) is -0.658. The molecule has 1 saturated heterocycles. The maximum Gasteiger partial charge on any atom is 0.411 e. The van der Waals surface area contributed by atoms with Crippen molar-refractivity contribution in [1.82, 2.24) is 4.90 Å². The van der Waals surface area contributed by atoms with Crippen LogP contribution in [-0.2, 0) is 14.6 Å². The molecular formula is C18H22BrNO4S. The summed E-state index contributed by atoms with van der Waals surface area (Å²) in [5.41, 5.74) is 0.376. The number of hydrogen-bond acceptors (Lipinski definition) is 4. The topological polar surface area (TPSA) is 63.7 Å². The van der Waals surface area contributed by atoms with Crippen LogP contribution in [0.5, 0.6) is 0 Å². The molecule has 0 aromatic heterocycles. The lowest BCUT2D eigenvalue weighted by molar-refractivity contribution is 0.0232.